The Bertz CT molecular complexity index is 379. The normalized spacial score (nSPS) is 25.1. The Hall–Kier alpha value is -1.06. The van der Waals surface area contributed by atoms with Gasteiger partial charge in [-0.1, -0.05) is 33.1 Å². The maximum absolute atomic E-state index is 12.3. The molecule has 1 saturated heterocycles. The first-order chi connectivity index (χ1) is 10.6. The average Bonchev–Trinajstić information content (AvgIpc) is 3.31. The van der Waals surface area contributed by atoms with Gasteiger partial charge in [-0.25, -0.2) is 0 Å². The van der Waals surface area contributed by atoms with Gasteiger partial charge in [-0.3, -0.25) is 9.59 Å². The number of piperidine rings is 1. The first kappa shape index (κ1) is 17.3. The lowest BCUT2D eigenvalue weighted by atomic mass is 9.81. The van der Waals surface area contributed by atoms with Crippen LogP contribution in [0.1, 0.15) is 71.6 Å². The number of likely N-dealkylation sites (tertiary alicyclic amines) is 1. The molecule has 2 atom stereocenters. The van der Waals surface area contributed by atoms with Crippen LogP contribution in [0.15, 0.2) is 0 Å². The van der Waals surface area contributed by atoms with Gasteiger partial charge in [0.05, 0.1) is 0 Å². The van der Waals surface area contributed by atoms with E-state index in [0.717, 1.165) is 58.0 Å². The van der Waals surface area contributed by atoms with Crippen molar-refractivity contribution in [3.63, 3.8) is 0 Å². The second-order valence-corrected chi connectivity index (χ2v) is 7.06. The minimum atomic E-state index is 0.216. The van der Waals surface area contributed by atoms with Gasteiger partial charge in [-0.05, 0) is 37.5 Å². The van der Waals surface area contributed by atoms with Gasteiger partial charge >= 0.3 is 0 Å². The number of nitrogens with one attached hydrogen (secondary N) is 1. The smallest absolute Gasteiger partial charge is 0.222 e. The van der Waals surface area contributed by atoms with Gasteiger partial charge in [0.15, 0.2) is 0 Å². The Morgan fingerprint density at radius 3 is 2.50 bits per heavy atom. The van der Waals surface area contributed by atoms with Crippen LogP contribution in [-0.4, -0.2) is 35.8 Å². The first-order valence-corrected chi connectivity index (χ1v) is 9.21. The quantitative estimate of drug-likeness (QED) is 0.700. The Morgan fingerprint density at radius 2 is 1.86 bits per heavy atom. The van der Waals surface area contributed by atoms with Crippen molar-refractivity contribution in [2.45, 2.75) is 77.7 Å². The van der Waals surface area contributed by atoms with Crippen molar-refractivity contribution in [3.8, 4) is 0 Å². The van der Waals surface area contributed by atoms with E-state index >= 15 is 0 Å². The molecule has 22 heavy (non-hydrogen) atoms. The molecule has 1 saturated carbocycles. The van der Waals surface area contributed by atoms with E-state index in [1.807, 2.05) is 4.90 Å². The fourth-order valence-electron chi connectivity index (χ4n) is 3.48. The summed E-state index contributed by atoms with van der Waals surface area (Å²) in [5.41, 5.74) is 0. The van der Waals surface area contributed by atoms with Gasteiger partial charge in [0.25, 0.3) is 0 Å². The molecule has 4 heteroatoms. The zero-order valence-corrected chi connectivity index (χ0v) is 14.3. The number of carbonyl (C=O) groups is 2. The number of unbranched alkanes of at least 4 members (excludes halogenated alkanes) is 2. The lowest BCUT2D eigenvalue weighted by Crippen LogP contribution is -2.44. The van der Waals surface area contributed by atoms with Crippen molar-refractivity contribution >= 4 is 11.8 Å². The summed E-state index contributed by atoms with van der Waals surface area (Å²) in [5, 5.41) is 3.09. The minimum absolute atomic E-state index is 0.216. The van der Waals surface area contributed by atoms with Crippen LogP contribution in [0.25, 0.3) is 0 Å². The van der Waals surface area contributed by atoms with Gasteiger partial charge in [0.2, 0.25) is 11.8 Å². The molecule has 0 bridgehead atoms. The Balaban J connectivity index is 1.76. The maximum atomic E-state index is 12.3. The number of carbonyl (C=O) groups excluding carboxylic acids is 2. The third kappa shape index (κ3) is 5.29. The molecule has 0 unspecified atom stereocenters. The summed E-state index contributed by atoms with van der Waals surface area (Å²) in [4.78, 5) is 26.3. The van der Waals surface area contributed by atoms with Crippen molar-refractivity contribution in [3.05, 3.63) is 0 Å². The van der Waals surface area contributed by atoms with E-state index in [2.05, 4.69) is 19.2 Å². The summed E-state index contributed by atoms with van der Waals surface area (Å²) in [5.74, 6) is 1.46. The molecule has 0 aromatic heterocycles. The van der Waals surface area contributed by atoms with Crippen LogP contribution >= 0.6 is 0 Å². The molecule has 1 heterocycles. The number of hydrogen-bond donors (Lipinski definition) is 1. The predicted molar refractivity (Wildman–Crippen MR) is 88.4 cm³/mol. The molecule has 2 rings (SSSR count). The molecule has 2 fully saturated rings. The largest absolute Gasteiger partial charge is 0.353 e. The first-order valence-electron chi connectivity index (χ1n) is 9.21. The molecule has 4 nitrogen and oxygen atoms in total. The molecule has 0 aromatic carbocycles. The minimum Gasteiger partial charge on any atom is -0.353 e. The van der Waals surface area contributed by atoms with Crippen molar-refractivity contribution < 1.29 is 9.59 Å². The van der Waals surface area contributed by atoms with E-state index in [4.69, 9.17) is 0 Å². The highest BCUT2D eigenvalue weighted by Crippen LogP contribution is 2.30. The van der Waals surface area contributed by atoms with E-state index < -0.39 is 0 Å². The molecule has 2 amide bonds. The molecule has 0 spiro atoms. The monoisotopic (exact) mass is 308 g/mol. The SMILES string of the molecule is CCCCCC(=O)N1CC[C@@H](CC(=O)NC2CC2)[C@@H](CC)C1. The van der Waals surface area contributed by atoms with Crippen LogP contribution in [-0.2, 0) is 9.59 Å². The van der Waals surface area contributed by atoms with Gasteiger partial charge in [0, 0.05) is 32.0 Å². The summed E-state index contributed by atoms with van der Waals surface area (Å²) < 4.78 is 0. The summed E-state index contributed by atoms with van der Waals surface area (Å²) in [6.45, 7) is 6.03. The van der Waals surface area contributed by atoms with E-state index in [-0.39, 0.29) is 5.91 Å². The van der Waals surface area contributed by atoms with E-state index in [9.17, 15) is 9.59 Å². The lowest BCUT2D eigenvalue weighted by Gasteiger charge is -2.38. The summed E-state index contributed by atoms with van der Waals surface area (Å²) in [7, 11) is 0. The average molecular weight is 308 g/mol. The zero-order valence-electron chi connectivity index (χ0n) is 14.3. The highest BCUT2D eigenvalue weighted by atomic mass is 16.2. The molecule has 1 aliphatic heterocycles. The van der Waals surface area contributed by atoms with E-state index in [0.29, 0.717) is 36.6 Å². The third-order valence-electron chi connectivity index (χ3n) is 5.15. The van der Waals surface area contributed by atoms with Crippen molar-refractivity contribution in [1.29, 1.82) is 0 Å². The Labute approximate surface area is 135 Å². The fourth-order valence-corrected chi connectivity index (χ4v) is 3.48. The van der Waals surface area contributed by atoms with Crippen molar-refractivity contribution in [2.24, 2.45) is 11.8 Å². The summed E-state index contributed by atoms with van der Waals surface area (Å²) >= 11 is 0. The summed E-state index contributed by atoms with van der Waals surface area (Å²) in [6, 6.07) is 0.452. The van der Waals surface area contributed by atoms with Crippen LogP contribution in [0, 0.1) is 11.8 Å². The van der Waals surface area contributed by atoms with E-state index in [1.165, 1.54) is 0 Å². The van der Waals surface area contributed by atoms with Crippen LogP contribution in [0.5, 0.6) is 0 Å². The molecule has 1 aliphatic carbocycles. The highest BCUT2D eigenvalue weighted by molar-refractivity contribution is 5.77. The molecule has 126 valence electrons. The maximum Gasteiger partial charge on any atom is 0.222 e. The highest BCUT2D eigenvalue weighted by Gasteiger charge is 2.32. The molecule has 0 aromatic rings. The van der Waals surface area contributed by atoms with Gasteiger partial charge in [0.1, 0.15) is 0 Å². The Morgan fingerprint density at radius 1 is 1.09 bits per heavy atom. The topological polar surface area (TPSA) is 49.4 Å². The standard InChI is InChI=1S/C18H32N2O2/c1-3-5-6-7-18(22)20-11-10-15(14(4-2)13-20)12-17(21)19-16-8-9-16/h14-16H,3-13H2,1-2H3,(H,19,21)/t14-,15-/m0/s1. The van der Waals surface area contributed by atoms with Crippen LogP contribution in [0.3, 0.4) is 0 Å². The Kier molecular flexibility index (Phi) is 6.71. The van der Waals surface area contributed by atoms with Crippen LogP contribution < -0.4 is 5.32 Å². The molecule has 0 radical (unpaired) electrons. The van der Waals surface area contributed by atoms with Gasteiger partial charge in [-0.2, -0.15) is 0 Å². The van der Waals surface area contributed by atoms with Crippen LogP contribution in [0.2, 0.25) is 0 Å². The molecular weight excluding hydrogens is 276 g/mol. The summed E-state index contributed by atoms with van der Waals surface area (Å²) in [6.07, 6.45) is 8.97. The molecule has 2 aliphatic rings. The predicted octanol–water partition coefficient (Wildman–Crippen LogP) is 3.11. The van der Waals surface area contributed by atoms with Gasteiger partial charge in [-0.15, -0.1) is 0 Å². The number of hydrogen-bond acceptors (Lipinski definition) is 2. The number of amides is 2. The van der Waals surface area contributed by atoms with E-state index in [1.54, 1.807) is 0 Å². The second-order valence-electron chi connectivity index (χ2n) is 7.06. The zero-order chi connectivity index (χ0) is 15.9. The fraction of sp³-hybridized carbons (Fsp3) is 0.889. The van der Waals surface area contributed by atoms with Crippen molar-refractivity contribution in [2.75, 3.05) is 13.1 Å². The molecular formula is C18H32N2O2. The van der Waals surface area contributed by atoms with Crippen molar-refractivity contribution in [1.82, 2.24) is 10.2 Å². The lowest BCUT2D eigenvalue weighted by molar-refractivity contribution is -0.134. The molecule has 1 N–H and O–H groups in total. The number of nitrogens with zero attached hydrogens (tertiary/aromatic N) is 1. The second kappa shape index (κ2) is 8.54. The van der Waals surface area contributed by atoms with Crippen LogP contribution in [0.4, 0.5) is 0 Å². The number of rotatable bonds is 8. The third-order valence-corrected chi connectivity index (χ3v) is 5.15. The van der Waals surface area contributed by atoms with Gasteiger partial charge < -0.3 is 10.2 Å².